The van der Waals surface area contributed by atoms with Gasteiger partial charge in [0.15, 0.2) is 15.0 Å². The molecule has 0 aliphatic rings. The number of sulfone groups is 1. The second kappa shape index (κ2) is 10.5. The van der Waals surface area contributed by atoms with Gasteiger partial charge in [-0.15, -0.1) is 0 Å². The number of ether oxygens (including phenoxy) is 1. The number of nitrogens with zero attached hydrogens (tertiary/aromatic N) is 3. The second-order valence-electron chi connectivity index (χ2n) is 7.50. The van der Waals surface area contributed by atoms with Gasteiger partial charge >= 0.3 is 0 Å². The maximum atomic E-state index is 13.3. The molecule has 0 radical (unpaired) electrons. The Kier molecular flexibility index (Phi) is 7.45. The molecule has 0 fully saturated rings. The van der Waals surface area contributed by atoms with Crippen molar-refractivity contribution in [1.82, 2.24) is 9.97 Å². The minimum absolute atomic E-state index is 0.0487. The smallest absolute Gasteiger partial charge is 0.229 e. The van der Waals surface area contributed by atoms with E-state index in [1.807, 2.05) is 6.07 Å². The molecule has 0 atom stereocenters. The Morgan fingerprint density at radius 3 is 2.62 bits per heavy atom. The zero-order valence-electron chi connectivity index (χ0n) is 18.3. The van der Waals surface area contributed by atoms with Crippen LogP contribution in [-0.4, -0.2) is 37.2 Å². The first kappa shape index (κ1) is 24.1. The van der Waals surface area contributed by atoms with Crippen LogP contribution >= 0.6 is 22.9 Å². The fourth-order valence-corrected chi connectivity index (χ4v) is 6.06. The van der Waals surface area contributed by atoms with E-state index < -0.39 is 9.84 Å². The van der Waals surface area contributed by atoms with Crippen molar-refractivity contribution in [3.63, 3.8) is 0 Å². The van der Waals surface area contributed by atoms with Gasteiger partial charge in [0.1, 0.15) is 11.3 Å². The number of halogens is 1. The number of methoxy groups -OCH3 is 1. The van der Waals surface area contributed by atoms with Crippen molar-refractivity contribution in [2.24, 2.45) is 0 Å². The van der Waals surface area contributed by atoms with Crippen LogP contribution in [0, 0.1) is 0 Å². The molecule has 176 valence electrons. The van der Waals surface area contributed by atoms with E-state index in [2.05, 4.69) is 9.97 Å². The molecule has 0 bridgehead atoms. The second-order valence-corrected chi connectivity index (χ2v) is 11.0. The lowest BCUT2D eigenvalue weighted by Gasteiger charge is -2.20. The van der Waals surface area contributed by atoms with Gasteiger partial charge in [-0.25, -0.2) is 13.4 Å². The van der Waals surface area contributed by atoms with Crippen LogP contribution < -0.4 is 9.64 Å². The lowest BCUT2D eigenvalue weighted by Crippen LogP contribution is -2.30. The molecule has 0 unspecified atom stereocenters. The quantitative estimate of drug-likeness (QED) is 0.306. The maximum Gasteiger partial charge on any atom is 0.229 e. The van der Waals surface area contributed by atoms with E-state index in [4.69, 9.17) is 16.3 Å². The molecule has 2 aromatic heterocycles. The number of rotatable bonds is 9. The van der Waals surface area contributed by atoms with E-state index in [9.17, 15) is 13.2 Å². The van der Waals surface area contributed by atoms with Crippen molar-refractivity contribution >= 4 is 54.0 Å². The zero-order chi connectivity index (χ0) is 24.1. The van der Waals surface area contributed by atoms with Crippen LogP contribution in [-0.2, 0) is 21.2 Å². The van der Waals surface area contributed by atoms with E-state index in [1.165, 1.54) is 11.3 Å². The number of pyridine rings is 1. The molecule has 0 aliphatic carbocycles. The minimum Gasteiger partial charge on any atom is -0.494 e. The molecule has 0 aliphatic heterocycles. The van der Waals surface area contributed by atoms with E-state index in [0.717, 1.165) is 5.56 Å². The number of fused-ring (bicyclic) bond motifs is 1. The Morgan fingerprint density at radius 1 is 1.12 bits per heavy atom. The summed E-state index contributed by atoms with van der Waals surface area (Å²) in [6.45, 7) is 0.248. The lowest BCUT2D eigenvalue weighted by atomic mass is 10.2. The highest BCUT2D eigenvalue weighted by Gasteiger charge is 2.23. The van der Waals surface area contributed by atoms with Crippen molar-refractivity contribution in [2.75, 3.05) is 17.8 Å². The summed E-state index contributed by atoms with van der Waals surface area (Å²) in [6.07, 6.45) is 3.58. The number of amides is 1. The Balaban J connectivity index is 1.58. The van der Waals surface area contributed by atoms with E-state index >= 15 is 0 Å². The molecule has 10 heteroatoms. The summed E-state index contributed by atoms with van der Waals surface area (Å²) < 4.78 is 31.3. The molecule has 0 saturated carbocycles. The Hall–Kier alpha value is -3.01. The molecule has 2 aromatic carbocycles. The fourth-order valence-electron chi connectivity index (χ4n) is 3.45. The molecule has 2 heterocycles. The van der Waals surface area contributed by atoms with Crippen LogP contribution in [0.25, 0.3) is 10.2 Å². The van der Waals surface area contributed by atoms with Gasteiger partial charge < -0.3 is 4.74 Å². The Labute approximate surface area is 206 Å². The van der Waals surface area contributed by atoms with Crippen LogP contribution in [0.15, 0.2) is 71.9 Å². The Bertz CT molecular complexity index is 1390. The van der Waals surface area contributed by atoms with Gasteiger partial charge in [0.05, 0.1) is 34.0 Å². The highest BCUT2D eigenvalue weighted by Crippen LogP contribution is 2.39. The number of thiazole rings is 1. The Morgan fingerprint density at radius 2 is 1.91 bits per heavy atom. The van der Waals surface area contributed by atoms with Crippen LogP contribution in [0.2, 0.25) is 5.02 Å². The summed E-state index contributed by atoms with van der Waals surface area (Å²) in [5, 5.41) is 0.975. The van der Waals surface area contributed by atoms with E-state index in [1.54, 1.807) is 72.9 Å². The van der Waals surface area contributed by atoms with Gasteiger partial charge in [0.25, 0.3) is 0 Å². The van der Waals surface area contributed by atoms with E-state index in [0.29, 0.717) is 26.1 Å². The van der Waals surface area contributed by atoms with E-state index in [-0.39, 0.29) is 35.9 Å². The van der Waals surface area contributed by atoms with Crippen molar-refractivity contribution in [2.45, 2.75) is 24.3 Å². The first-order valence-corrected chi connectivity index (χ1v) is 13.3. The molecule has 4 aromatic rings. The van der Waals surface area contributed by atoms with Crippen molar-refractivity contribution in [1.29, 1.82) is 0 Å². The molecule has 0 saturated heterocycles. The molecular weight excluding hydrogens is 494 g/mol. The number of hydrogen-bond donors (Lipinski definition) is 0. The van der Waals surface area contributed by atoms with Crippen LogP contribution in [0.1, 0.15) is 18.4 Å². The fraction of sp³-hybridized carbons (Fsp3) is 0.208. The van der Waals surface area contributed by atoms with Crippen LogP contribution in [0.4, 0.5) is 5.13 Å². The molecule has 1 amide bonds. The number of aromatic nitrogens is 2. The van der Waals surface area contributed by atoms with Gasteiger partial charge in [0.2, 0.25) is 5.91 Å². The third-order valence-electron chi connectivity index (χ3n) is 5.17. The summed E-state index contributed by atoms with van der Waals surface area (Å²) in [4.78, 5) is 23.9. The molecule has 4 rings (SSSR count). The topological polar surface area (TPSA) is 89.5 Å². The van der Waals surface area contributed by atoms with Gasteiger partial charge in [-0.2, -0.15) is 0 Å². The summed E-state index contributed by atoms with van der Waals surface area (Å²) in [6, 6.07) is 15.4. The lowest BCUT2D eigenvalue weighted by molar-refractivity contribution is -0.118. The normalized spacial score (nSPS) is 11.5. The summed E-state index contributed by atoms with van der Waals surface area (Å²) in [5.74, 6) is 0.203. The predicted octanol–water partition coefficient (Wildman–Crippen LogP) is 5.14. The predicted molar refractivity (Wildman–Crippen MR) is 134 cm³/mol. The van der Waals surface area contributed by atoms with Gasteiger partial charge in [-0.1, -0.05) is 47.2 Å². The maximum absolute atomic E-state index is 13.3. The molecule has 34 heavy (non-hydrogen) atoms. The third-order valence-corrected chi connectivity index (χ3v) is 8.52. The van der Waals surface area contributed by atoms with Crippen molar-refractivity contribution < 1.29 is 17.9 Å². The van der Waals surface area contributed by atoms with Gasteiger partial charge in [-0.05, 0) is 42.3 Å². The van der Waals surface area contributed by atoms with Crippen molar-refractivity contribution in [3.8, 4) is 5.75 Å². The highest BCUT2D eigenvalue weighted by atomic mass is 35.5. The minimum atomic E-state index is -3.47. The number of carbonyl (C=O) groups excluding carboxylic acids is 1. The number of benzene rings is 2. The summed E-state index contributed by atoms with van der Waals surface area (Å²) >= 11 is 7.66. The first-order valence-electron chi connectivity index (χ1n) is 10.5. The molecule has 7 nitrogen and oxygen atoms in total. The van der Waals surface area contributed by atoms with Gasteiger partial charge in [0, 0.05) is 18.8 Å². The van der Waals surface area contributed by atoms with Crippen LogP contribution in [0.5, 0.6) is 5.75 Å². The third kappa shape index (κ3) is 5.38. The largest absolute Gasteiger partial charge is 0.494 e. The average molecular weight is 516 g/mol. The average Bonchev–Trinajstić information content (AvgIpc) is 3.30. The molecule has 0 spiro atoms. The summed E-state index contributed by atoms with van der Waals surface area (Å²) in [7, 11) is -1.92. The monoisotopic (exact) mass is 515 g/mol. The zero-order valence-corrected chi connectivity index (χ0v) is 20.7. The summed E-state index contributed by atoms with van der Waals surface area (Å²) in [5.41, 5.74) is 1.40. The number of carbonyl (C=O) groups is 1. The number of anilines is 1. The van der Waals surface area contributed by atoms with Gasteiger partial charge in [-0.3, -0.25) is 14.7 Å². The first-order chi connectivity index (χ1) is 16.4. The number of hydrogen-bond acceptors (Lipinski definition) is 7. The molecular formula is C24H22ClN3O4S2. The van der Waals surface area contributed by atoms with Crippen molar-refractivity contribution in [3.05, 3.63) is 77.6 Å². The highest BCUT2D eigenvalue weighted by molar-refractivity contribution is 7.91. The SMILES string of the molecule is COc1ccc(Cl)c2sc(N(Cc3cccnc3)C(=O)CCCS(=O)(=O)c3ccccc3)nc12. The van der Waals surface area contributed by atoms with Crippen LogP contribution in [0.3, 0.4) is 0 Å². The standard InChI is InChI=1S/C24H22ClN3O4S2/c1-32-20-12-11-19(25)23-22(20)27-24(33-23)28(16-17-7-5-13-26-15-17)21(29)10-6-14-34(30,31)18-8-3-2-4-9-18/h2-5,7-9,11-13,15H,6,10,14,16H2,1H3. The molecule has 0 N–H and O–H groups in total.